The first-order chi connectivity index (χ1) is 16.2. The van der Waals surface area contributed by atoms with Crippen LogP contribution in [0.3, 0.4) is 0 Å². The molecule has 0 aliphatic carbocycles. The average molecular weight is 490 g/mol. The molecule has 0 bridgehead atoms. The number of benzene rings is 2. The van der Waals surface area contributed by atoms with Gasteiger partial charge in [-0.05, 0) is 62.4 Å². The van der Waals surface area contributed by atoms with Crippen molar-refractivity contribution in [3.63, 3.8) is 0 Å². The highest BCUT2D eigenvalue weighted by molar-refractivity contribution is 7.93. The summed E-state index contributed by atoms with van der Waals surface area (Å²) in [6, 6.07) is 11.8. The Balaban J connectivity index is 1.86. The number of nitrogens with zero attached hydrogens (tertiary/aromatic N) is 1. The number of amides is 1. The third-order valence-electron chi connectivity index (χ3n) is 5.75. The molecule has 1 aliphatic rings. The maximum Gasteiger partial charge on any atom is 0.264 e. The van der Waals surface area contributed by atoms with Crippen molar-refractivity contribution < 1.29 is 22.7 Å². The average Bonchev–Trinajstić information content (AvgIpc) is 3.33. The number of rotatable bonds is 11. The van der Waals surface area contributed by atoms with Crippen LogP contribution in [0.15, 0.2) is 47.4 Å². The molecule has 2 N–H and O–H groups in total. The largest absolute Gasteiger partial charge is 0.495 e. The number of ether oxygens (including phenoxy) is 2. The number of para-hydroxylation sites is 2. The first kappa shape index (κ1) is 25.8. The predicted molar refractivity (Wildman–Crippen MR) is 135 cm³/mol. The van der Waals surface area contributed by atoms with Crippen molar-refractivity contribution in [2.24, 2.45) is 5.92 Å². The molecule has 0 spiro atoms. The Labute approximate surface area is 202 Å². The van der Waals surface area contributed by atoms with Crippen LogP contribution in [0.5, 0.6) is 5.75 Å². The fourth-order valence-corrected chi connectivity index (χ4v) is 5.08. The smallest absolute Gasteiger partial charge is 0.264 e. The molecule has 34 heavy (non-hydrogen) atoms. The summed E-state index contributed by atoms with van der Waals surface area (Å²) in [7, 11) is -2.48. The van der Waals surface area contributed by atoms with Gasteiger partial charge in [0, 0.05) is 25.4 Å². The van der Waals surface area contributed by atoms with Gasteiger partial charge in [0.05, 0.1) is 18.5 Å². The number of anilines is 3. The fourth-order valence-electron chi connectivity index (χ4n) is 3.76. The van der Waals surface area contributed by atoms with Gasteiger partial charge in [-0.25, -0.2) is 8.42 Å². The van der Waals surface area contributed by atoms with E-state index in [2.05, 4.69) is 28.8 Å². The van der Waals surface area contributed by atoms with E-state index >= 15 is 0 Å². The van der Waals surface area contributed by atoms with Gasteiger partial charge in [-0.15, -0.1) is 0 Å². The van der Waals surface area contributed by atoms with Crippen molar-refractivity contribution in [2.75, 3.05) is 41.7 Å². The van der Waals surface area contributed by atoms with Gasteiger partial charge in [-0.1, -0.05) is 26.0 Å². The van der Waals surface area contributed by atoms with E-state index in [1.54, 1.807) is 43.3 Å². The molecule has 8 nitrogen and oxygen atoms in total. The Hall–Kier alpha value is -2.78. The van der Waals surface area contributed by atoms with E-state index in [0.717, 1.165) is 32.4 Å². The summed E-state index contributed by atoms with van der Waals surface area (Å²) < 4.78 is 40.6. The van der Waals surface area contributed by atoms with Crippen LogP contribution in [0, 0.1) is 5.92 Å². The standard InChI is InChI=1S/C25H35N3O5S/c1-18(2)13-16-33-19(3)25(29)26-20-11-12-22(28-14-7-8-15-28)24(17-20)34(30,31)27-21-9-5-6-10-23(21)32-4/h5-6,9-12,17-19,27H,7-8,13-16H2,1-4H3,(H,26,29). The second-order valence-corrected chi connectivity index (χ2v) is 10.5. The molecular formula is C25H35N3O5S. The second-order valence-electron chi connectivity index (χ2n) is 8.87. The minimum Gasteiger partial charge on any atom is -0.495 e. The molecule has 2 aromatic carbocycles. The van der Waals surface area contributed by atoms with Gasteiger partial charge in [0.15, 0.2) is 0 Å². The van der Waals surface area contributed by atoms with Crippen LogP contribution in [-0.2, 0) is 19.6 Å². The van der Waals surface area contributed by atoms with Gasteiger partial charge in [-0.3, -0.25) is 9.52 Å². The number of nitrogens with one attached hydrogen (secondary N) is 2. The minimum atomic E-state index is -3.97. The first-order valence-corrected chi connectivity index (χ1v) is 13.2. The zero-order valence-electron chi connectivity index (χ0n) is 20.3. The van der Waals surface area contributed by atoms with Gasteiger partial charge in [0.2, 0.25) is 0 Å². The SMILES string of the molecule is COc1ccccc1NS(=O)(=O)c1cc(NC(=O)C(C)OCCC(C)C)ccc1N1CCCC1. The fraction of sp³-hybridized carbons (Fsp3) is 0.480. The number of hydrogen-bond donors (Lipinski definition) is 2. The minimum absolute atomic E-state index is 0.103. The molecule has 1 heterocycles. The van der Waals surface area contributed by atoms with Gasteiger partial charge < -0.3 is 19.7 Å². The quantitative estimate of drug-likeness (QED) is 0.483. The molecule has 0 radical (unpaired) electrons. The summed E-state index contributed by atoms with van der Waals surface area (Å²) in [5.74, 6) is 0.584. The van der Waals surface area contributed by atoms with Gasteiger partial charge >= 0.3 is 0 Å². The lowest BCUT2D eigenvalue weighted by Gasteiger charge is -2.23. The Morgan fingerprint density at radius 2 is 1.79 bits per heavy atom. The zero-order valence-corrected chi connectivity index (χ0v) is 21.2. The number of hydrogen-bond acceptors (Lipinski definition) is 6. The lowest BCUT2D eigenvalue weighted by atomic mass is 10.1. The highest BCUT2D eigenvalue weighted by atomic mass is 32.2. The van der Waals surface area contributed by atoms with Crippen molar-refractivity contribution in [3.05, 3.63) is 42.5 Å². The lowest BCUT2D eigenvalue weighted by Crippen LogP contribution is -2.28. The molecule has 1 saturated heterocycles. The van der Waals surface area contributed by atoms with Crippen molar-refractivity contribution in [3.8, 4) is 5.75 Å². The molecule has 3 rings (SSSR count). The number of carbonyl (C=O) groups excluding carboxylic acids is 1. The van der Waals surface area contributed by atoms with Crippen LogP contribution in [-0.4, -0.2) is 47.2 Å². The summed E-state index contributed by atoms with van der Waals surface area (Å²) in [6.45, 7) is 7.93. The molecule has 186 valence electrons. The van der Waals surface area contributed by atoms with Gasteiger partial charge in [0.1, 0.15) is 16.7 Å². The third-order valence-corrected chi connectivity index (χ3v) is 7.14. The normalized spacial score (nSPS) is 14.8. The Morgan fingerprint density at radius 1 is 1.09 bits per heavy atom. The van der Waals surface area contributed by atoms with Crippen molar-refractivity contribution in [1.82, 2.24) is 0 Å². The van der Waals surface area contributed by atoms with E-state index in [-0.39, 0.29) is 10.8 Å². The van der Waals surface area contributed by atoms with E-state index in [9.17, 15) is 13.2 Å². The van der Waals surface area contributed by atoms with E-state index < -0.39 is 16.1 Å². The van der Waals surface area contributed by atoms with Crippen LogP contribution in [0.1, 0.15) is 40.0 Å². The number of sulfonamides is 1. The van der Waals surface area contributed by atoms with E-state index in [4.69, 9.17) is 9.47 Å². The Bertz CT molecular complexity index is 1080. The van der Waals surface area contributed by atoms with Gasteiger partial charge in [-0.2, -0.15) is 0 Å². The molecular weight excluding hydrogens is 454 g/mol. The predicted octanol–water partition coefficient (Wildman–Crippen LogP) is 4.49. The number of methoxy groups -OCH3 is 1. The van der Waals surface area contributed by atoms with E-state index in [1.807, 2.05) is 0 Å². The van der Waals surface area contributed by atoms with Crippen LogP contribution in [0.4, 0.5) is 17.1 Å². The molecule has 0 saturated carbocycles. The number of carbonyl (C=O) groups is 1. The molecule has 2 aromatic rings. The van der Waals surface area contributed by atoms with Crippen molar-refractivity contribution in [1.29, 1.82) is 0 Å². The maximum atomic E-state index is 13.5. The molecule has 1 unspecified atom stereocenters. The molecule has 1 atom stereocenters. The second kappa shape index (κ2) is 11.6. The molecule has 1 fully saturated rings. The van der Waals surface area contributed by atoms with E-state index in [1.165, 1.54) is 13.2 Å². The molecule has 9 heteroatoms. The van der Waals surface area contributed by atoms with Crippen molar-refractivity contribution in [2.45, 2.75) is 51.0 Å². The summed E-state index contributed by atoms with van der Waals surface area (Å²) in [5, 5.41) is 2.80. The highest BCUT2D eigenvalue weighted by Crippen LogP contribution is 2.34. The molecule has 1 aliphatic heterocycles. The summed E-state index contributed by atoms with van der Waals surface area (Å²) in [5.41, 5.74) is 1.35. The monoisotopic (exact) mass is 489 g/mol. The summed E-state index contributed by atoms with van der Waals surface area (Å²) >= 11 is 0. The van der Waals surface area contributed by atoms with Crippen LogP contribution >= 0.6 is 0 Å². The summed E-state index contributed by atoms with van der Waals surface area (Å²) in [6.07, 6.45) is 2.22. The highest BCUT2D eigenvalue weighted by Gasteiger charge is 2.26. The van der Waals surface area contributed by atoms with Crippen molar-refractivity contribution >= 4 is 33.0 Å². The maximum absolute atomic E-state index is 13.5. The Morgan fingerprint density at radius 3 is 2.47 bits per heavy atom. The lowest BCUT2D eigenvalue weighted by molar-refractivity contribution is -0.126. The molecule has 1 amide bonds. The van der Waals surface area contributed by atoms with Crippen LogP contribution in [0.25, 0.3) is 0 Å². The van der Waals surface area contributed by atoms with Gasteiger partial charge in [0.25, 0.3) is 15.9 Å². The van der Waals surface area contributed by atoms with Crippen LogP contribution < -0.4 is 19.7 Å². The Kier molecular flexibility index (Phi) is 8.79. The summed E-state index contributed by atoms with van der Waals surface area (Å²) in [4.78, 5) is 14.8. The zero-order chi connectivity index (χ0) is 24.7. The topological polar surface area (TPSA) is 97.0 Å². The third kappa shape index (κ3) is 6.64. The first-order valence-electron chi connectivity index (χ1n) is 11.7. The molecule has 0 aromatic heterocycles. The van der Waals surface area contributed by atoms with Crippen LogP contribution in [0.2, 0.25) is 0 Å². The van der Waals surface area contributed by atoms with E-state index in [0.29, 0.717) is 35.3 Å².